The highest BCUT2D eigenvalue weighted by Crippen LogP contribution is 2.57. The van der Waals surface area contributed by atoms with Gasteiger partial charge >= 0.3 is 11.8 Å². The second kappa shape index (κ2) is 2.30. The third-order valence-corrected chi connectivity index (χ3v) is 2.15. The smallest absolute Gasteiger partial charge is 0.240 e. The van der Waals surface area contributed by atoms with E-state index in [0.29, 0.717) is 0 Å². The molecule has 0 amide bonds. The third-order valence-electron chi connectivity index (χ3n) is 2.15. The van der Waals surface area contributed by atoms with E-state index in [0.717, 1.165) is 0 Å². The van der Waals surface area contributed by atoms with Crippen LogP contribution in [0.15, 0.2) is 0 Å². The van der Waals surface area contributed by atoms with Crippen LogP contribution in [0.2, 0.25) is 0 Å². The van der Waals surface area contributed by atoms with Crippen molar-refractivity contribution in [2.24, 2.45) is 0 Å². The highest BCUT2D eigenvalue weighted by Gasteiger charge is 2.83. The van der Waals surface area contributed by atoms with Crippen LogP contribution >= 0.6 is 0 Å². The molecule has 0 N–H and O–H groups in total. The van der Waals surface area contributed by atoms with Crippen LogP contribution in [0.3, 0.4) is 0 Å². The summed E-state index contributed by atoms with van der Waals surface area (Å²) in [6, 6.07) is 0. The van der Waals surface area contributed by atoms with Crippen LogP contribution in [-0.2, 0) is 0 Å². The van der Waals surface area contributed by atoms with E-state index in [9.17, 15) is 30.7 Å². The van der Waals surface area contributed by atoms with E-state index in [1.165, 1.54) is 0 Å². The number of hydrogen-bond donors (Lipinski definition) is 0. The van der Waals surface area contributed by atoms with Crippen molar-refractivity contribution in [1.82, 2.24) is 0 Å². The quantitative estimate of drug-likeness (QED) is 0.539. The van der Waals surface area contributed by atoms with Crippen LogP contribution in [0.4, 0.5) is 30.7 Å². The van der Waals surface area contributed by atoms with Gasteiger partial charge in [0.1, 0.15) is 0 Å². The van der Waals surface area contributed by atoms with E-state index in [1.54, 1.807) is 0 Å². The molecular formula is C6H5F7. The van der Waals surface area contributed by atoms with Gasteiger partial charge in [-0.15, -0.1) is 0 Å². The fraction of sp³-hybridized carbons (Fsp3) is 1.00. The van der Waals surface area contributed by atoms with Crippen LogP contribution in [0.1, 0.15) is 6.92 Å². The highest BCUT2D eigenvalue weighted by molar-refractivity contribution is 5.17. The summed E-state index contributed by atoms with van der Waals surface area (Å²) in [5.41, 5.74) is -4.17. The second-order valence-corrected chi connectivity index (χ2v) is 3.08. The minimum absolute atomic E-state index is 0.0782. The van der Waals surface area contributed by atoms with E-state index < -0.39 is 29.9 Å². The minimum Gasteiger partial charge on any atom is -0.240 e. The van der Waals surface area contributed by atoms with E-state index in [2.05, 4.69) is 0 Å². The molecule has 0 aromatic heterocycles. The Balaban J connectivity index is 3.23. The van der Waals surface area contributed by atoms with Gasteiger partial charge in [-0.3, -0.25) is 0 Å². The molecular weight excluding hydrogens is 205 g/mol. The van der Waals surface area contributed by atoms with Crippen molar-refractivity contribution in [3.8, 4) is 0 Å². The SMILES string of the molecule is CC1(F)C(F)C(F)C(F)(F)C1(F)F. The topological polar surface area (TPSA) is 0 Å². The lowest BCUT2D eigenvalue weighted by Gasteiger charge is -2.25. The van der Waals surface area contributed by atoms with E-state index in [4.69, 9.17) is 0 Å². The largest absolute Gasteiger partial charge is 0.349 e. The molecule has 0 spiro atoms. The monoisotopic (exact) mass is 210 g/mol. The third kappa shape index (κ3) is 0.927. The molecule has 13 heavy (non-hydrogen) atoms. The van der Waals surface area contributed by atoms with Crippen molar-refractivity contribution < 1.29 is 30.7 Å². The van der Waals surface area contributed by atoms with Crippen LogP contribution < -0.4 is 0 Å². The van der Waals surface area contributed by atoms with Crippen LogP contribution in [-0.4, -0.2) is 29.9 Å². The zero-order valence-corrected chi connectivity index (χ0v) is 6.30. The lowest BCUT2D eigenvalue weighted by molar-refractivity contribution is -0.244. The van der Waals surface area contributed by atoms with Gasteiger partial charge in [0.15, 0.2) is 6.17 Å². The molecule has 1 saturated carbocycles. The maximum absolute atomic E-state index is 12.7. The summed E-state index contributed by atoms with van der Waals surface area (Å²) in [6.07, 6.45) is -7.32. The van der Waals surface area contributed by atoms with Gasteiger partial charge < -0.3 is 0 Å². The Morgan fingerprint density at radius 2 is 1.23 bits per heavy atom. The highest BCUT2D eigenvalue weighted by atomic mass is 19.3. The molecule has 0 aromatic rings. The van der Waals surface area contributed by atoms with Crippen molar-refractivity contribution in [3.05, 3.63) is 0 Å². The van der Waals surface area contributed by atoms with Gasteiger partial charge in [0.2, 0.25) is 11.8 Å². The van der Waals surface area contributed by atoms with Crippen LogP contribution in [0.25, 0.3) is 0 Å². The molecule has 1 aliphatic rings. The molecule has 7 heteroatoms. The van der Waals surface area contributed by atoms with Crippen molar-refractivity contribution in [2.75, 3.05) is 0 Å². The maximum Gasteiger partial charge on any atom is 0.349 e. The first-order valence-electron chi connectivity index (χ1n) is 3.29. The Morgan fingerprint density at radius 1 is 0.846 bits per heavy atom. The maximum atomic E-state index is 12.7. The molecule has 1 rings (SSSR count). The average molecular weight is 210 g/mol. The van der Waals surface area contributed by atoms with E-state index in [-0.39, 0.29) is 6.92 Å². The summed E-state index contributed by atoms with van der Waals surface area (Å²) in [5, 5.41) is 0. The normalized spacial score (nSPS) is 48.0. The first kappa shape index (κ1) is 10.6. The fourth-order valence-electron chi connectivity index (χ4n) is 1.13. The van der Waals surface area contributed by atoms with Gasteiger partial charge in [-0.05, 0) is 6.92 Å². The summed E-state index contributed by atoms with van der Waals surface area (Å²) in [6.45, 7) is -0.0782. The molecule has 0 nitrogen and oxygen atoms in total. The summed E-state index contributed by atoms with van der Waals surface area (Å²) in [7, 11) is 0. The molecule has 3 unspecified atom stereocenters. The summed E-state index contributed by atoms with van der Waals surface area (Å²) in [4.78, 5) is 0. The van der Waals surface area contributed by atoms with Crippen LogP contribution in [0, 0.1) is 0 Å². The summed E-state index contributed by atoms with van der Waals surface area (Å²) in [5.74, 6) is -10.6. The average Bonchev–Trinajstić information content (AvgIpc) is 2.05. The van der Waals surface area contributed by atoms with Crippen molar-refractivity contribution in [3.63, 3.8) is 0 Å². The molecule has 0 bridgehead atoms. The zero-order chi connectivity index (χ0) is 10.7. The summed E-state index contributed by atoms with van der Waals surface area (Å²) >= 11 is 0. The molecule has 78 valence electrons. The molecule has 3 atom stereocenters. The molecule has 0 saturated heterocycles. The molecule has 1 aliphatic carbocycles. The van der Waals surface area contributed by atoms with Gasteiger partial charge in [-0.1, -0.05) is 0 Å². The first-order valence-corrected chi connectivity index (χ1v) is 3.29. The fourth-order valence-corrected chi connectivity index (χ4v) is 1.13. The number of alkyl halides is 7. The Kier molecular flexibility index (Phi) is 1.87. The Labute approximate surface area is 68.7 Å². The van der Waals surface area contributed by atoms with Gasteiger partial charge in [-0.25, -0.2) is 13.2 Å². The van der Waals surface area contributed by atoms with E-state index >= 15 is 0 Å². The summed E-state index contributed by atoms with van der Waals surface area (Å²) < 4.78 is 86.6. The lowest BCUT2D eigenvalue weighted by atomic mass is 10.0. The van der Waals surface area contributed by atoms with Crippen molar-refractivity contribution in [1.29, 1.82) is 0 Å². The van der Waals surface area contributed by atoms with Gasteiger partial charge in [0.25, 0.3) is 0 Å². The molecule has 0 aromatic carbocycles. The second-order valence-electron chi connectivity index (χ2n) is 3.08. The van der Waals surface area contributed by atoms with E-state index in [1.807, 2.05) is 0 Å². The Morgan fingerprint density at radius 3 is 1.31 bits per heavy atom. The van der Waals surface area contributed by atoms with Gasteiger partial charge in [0.05, 0.1) is 0 Å². The minimum atomic E-state index is -5.32. The standard InChI is InChI=1S/C6H5F7/c1-4(9)2(7)3(8)5(10,11)6(4,12)13/h2-3H,1H3. The molecule has 0 aliphatic heterocycles. The zero-order valence-electron chi connectivity index (χ0n) is 6.30. The molecule has 0 radical (unpaired) electrons. The van der Waals surface area contributed by atoms with Crippen LogP contribution in [0.5, 0.6) is 0 Å². The Hall–Kier alpha value is -0.490. The van der Waals surface area contributed by atoms with Gasteiger partial charge in [-0.2, -0.15) is 17.6 Å². The van der Waals surface area contributed by atoms with Crippen molar-refractivity contribution >= 4 is 0 Å². The number of hydrogen-bond acceptors (Lipinski definition) is 0. The number of rotatable bonds is 0. The van der Waals surface area contributed by atoms with Crippen molar-refractivity contribution in [2.45, 2.75) is 36.8 Å². The predicted molar refractivity (Wildman–Crippen MR) is 29.2 cm³/mol. The number of halogens is 7. The lowest BCUT2D eigenvalue weighted by Crippen LogP contribution is -2.49. The molecule has 0 heterocycles. The molecule has 1 fully saturated rings. The van der Waals surface area contributed by atoms with Gasteiger partial charge in [0, 0.05) is 0 Å². The Bertz CT molecular complexity index is 199. The first-order chi connectivity index (χ1) is 5.57. The predicted octanol–water partition coefficient (Wildman–Crippen LogP) is 2.68.